The largest absolute Gasteiger partial charge is 0.408 e. The van der Waals surface area contributed by atoms with E-state index in [2.05, 4.69) is 10.2 Å². The highest BCUT2D eigenvalue weighted by Gasteiger charge is 2.47. The van der Waals surface area contributed by atoms with Gasteiger partial charge in [-0.3, -0.25) is 0 Å². The van der Waals surface area contributed by atoms with Gasteiger partial charge in [-0.1, -0.05) is 5.10 Å². The van der Waals surface area contributed by atoms with E-state index in [1.165, 1.54) is 0 Å². The van der Waals surface area contributed by atoms with Crippen molar-refractivity contribution >= 4 is 16.0 Å². The van der Waals surface area contributed by atoms with Crippen LogP contribution < -0.4 is 4.90 Å². The second kappa shape index (κ2) is 5.96. The fourth-order valence-electron chi connectivity index (χ4n) is 3.77. The van der Waals surface area contributed by atoms with Gasteiger partial charge in [-0.2, -0.15) is 0 Å². The number of ether oxygens (including phenoxy) is 1. The van der Waals surface area contributed by atoms with Crippen molar-refractivity contribution in [3.05, 3.63) is 5.89 Å². The summed E-state index contributed by atoms with van der Waals surface area (Å²) in [5.74, 6) is 0.533. The first-order valence-corrected chi connectivity index (χ1v) is 10.1. The summed E-state index contributed by atoms with van der Waals surface area (Å²) in [6.07, 6.45) is 3.42. The molecule has 9 heteroatoms. The molecule has 0 N–H and O–H groups in total. The van der Waals surface area contributed by atoms with Crippen LogP contribution in [0.5, 0.6) is 0 Å². The van der Waals surface area contributed by atoms with Gasteiger partial charge >= 0.3 is 6.01 Å². The molecule has 1 aromatic rings. The van der Waals surface area contributed by atoms with E-state index in [-0.39, 0.29) is 10.7 Å². The number of anilines is 1. The lowest BCUT2D eigenvalue weighted by Crippen LogP contribution is -2.52. The first kappa shape index (κ1) is 16.3. The van der Waals surface area contributed by atoms with Gasteiger partial charge in [0, 0.05) is 38.5 Å². The lowest BCUT2D eigenvalue weighted by Gasteiger charge is -2.42. The third kappa shape index (κ3) is 3.04. The number of rotatable bonds is 3. The molecule has 24 heavy (non-hydrogen) atoms. The van der Waals surface area contributed by atoms with Crippen LogP contribution in [0.1, 0.15) is 31.6 Å². The van der Waals surface area contributed by atoms with Crippen molar-refractivity contribution < 1.29 is 17.6 Å². The molecule has 0 radical (unpaired) electrons. The van der Waals surface area contributed by atoms with Gasteiger partial charge in [0.15, 0.2) is 0 Å². The van der Waals surface area contributed by atoms with Gasteiger partial charge in [0.1, 0.15) is 0 Å². The van der Waals surface area contributed by atoms with E-state index in [1.807, 2.05) is 4.90 Å². The molecule has 2 saturated heterocycles. The number of aromatic nitrogens is 2. The number of hydrogen-bond donors (Lipinski definition) is 0. The van der Waals surface area contributed by atoms with Crippen LogP contribution in [0, 0.1) is 12.3 Å². The van der Waals surface area contributed by atoms with Crippen molar-refractivity contribution in [2.45, 2.75) is 37.9 Å². The fourth-order valence-corrected chi connectivity index (χ4v) is 5.76. The zero-order valence-electron chi connectivity index (χ0n) is 14.0. The molecular weight excluding hydrogens is 332 g/mol. The van der Waals surface area contributed by atoms with Crippen molar-refractivity contribution in [1.29, 1.82) is 0 Å². The van der Waals surface area contributed by atoms with Crippen LogP contribution in [-0.4, -0.2) is 67.6 Å². The number of piperidine rings is 1. The highest BCUT2D eigenvalue weighted by Crippen LogP contribution is 2.39. The Bertz CT molecular complexity index is 702. The average Bonchev–Trinajstić information content (AvgIpc) is 3.35. The molecule has 3 fully saturated rings. The summed E-state index contributed by atoms with van der Waals surface area (Å²) < 4.78 is 38.4. The standard InChI is InChI=1S/C15H24N4O4S/c1-12-16-17-14(23-12)18-7-8-22-11-15(9-18)5-2-6-19(10-15)24(20,21)13-3-4-13/h13H,2-11H2,1H3/t15-/m0/s1. The van der Waals surface area contributed by atoms with Crippen LogP contribution in [0.4, 0.5) is 6.01 Å². The van der Waals surface area contributed by atoms with E-state index in [4.69, 9.17) is 9.15 Å². The summed E-state index contributed by atoms with van der Waals surface area (Å²) >= 11 is 0. The molecule has 0 unspecified atom stereocenters. The molecule has 0 amide bonds. The van der Waals surface area contributed by atoms with E-state index in [0.29, 0.717) is 51.3 Å². The van der Waals surface area contributed by atoms with E-state index in [0.717, 1.165) is 25.7 Å². The van der Waals surface area contributed by atoms with E-state index in [1.54, 1.807) is 11.2 Å². The van der Waals surface area contributed by atoms with Crippen LogP contribution in [0.2, 0.25) is 0 Å². The minimum absolute atomic E-state index is 0.158. The maximum atomic E-state index is 12.6. The molecule has 8 nitrogen and oxygen atoms in total. The van der Waals surface area contributed by atoms with Crippen LogP contribution in [0.3, 0.4) is 0 Å². The molecule has 1 saturated carbocycles. The second-order valence-corrected chi connectivity index (χ2v) is 9.47. The monoisotopic (exact) mass is 356 g/mol. The van der Waals surface area contributed by atoms with Gasteiger partial charge in [-0.25, -0.2) is 12.7 Å². The van der Waals surface area contributed by atoms with Gasteiger partial charge in [0.2, 0.25) is 15.9 Å². The molecule has 0 bridgehead atoms. The molecule has 1 spiro atoms. The first-order chi connectivity index (χ1) is 11.5. The summed E-state index contributed by atoms with van der Waals surface area (Å²) in [5, 5.41) is 7.86. The highest BCUT2D eigenvalue weighted by atomic mass is 32.2. The molecule has 4 rings (SSSR count). The third-order valence-corrected chi connectivity index (χ3v) is 7.50. The summed E-state index contributed by atoms with van der Waals surface area (Å²) in [6, 6.07) is 0.500. The Balaban J connectivity index is 1.55. The van der Waals surface area contributed by atoms with E-state index in [9.17, 15) is 8.42 Å². The lowest BCUT2D eigenvalue weighted by atomic mass is 9.81. The van der Waals surface area contributed by atoms with E-state index >= 15 is 0 Å². The first-order valence-electron chi connectivity index (χ1n) is 8.60. The van der Waals surface area contributed by atoms with Gasteiger partial charge in [0.05, 0.1) is 18.5 Å². The topological polar surface area (TPSA) is 88.8 Å². The SMILES string of the molecule is Cc1nnc(N2CCOC[C@@]3(CCCN(S(=O)(=O)C4CC4)C3)C2)o1. The molecule has 1 aliphatic carbocycles. The molecule has 3 aliphatic rings. The maximum Gasteiger partial charge on any atom is 0.318 e. The summed E-state index contributed by atoms with van der Waals surface area (Å²) in [7, 11) is -3.15. The average molecular weight is 356 g/mol. The van der Waals surface area contributed by atoms with Crippen LogP contribution in [0.25, 0.3) is 0 Å². The summed E-state index contributed by atoms with van der Waals surface area (Å²) in [6.45, 7) is 5.44. The minimum Gasteiger partial charge on any atom is -0.408 e. The normalized spacial score (nSPS) is 29.8. The van der Waals surface area contributed by atoms with Crippen molar-refractivity contribution in [3.8, 4) is 0 Å². The molecule has 0 aromatic carbocycles. The van der Waals surface area contributed by atoms with Crippen LogP contribution in [0.15, 0.2) is 4.42 Å². The zero-order chi connectivity index (χ0) is 16.8. The zero-order valence-corrected chi connectivity index (χ0v) is 14.8. The Kier molecular flexibility index (Phi) is 4.04. The minimum atomic E-state index is -3.15. The predicted molar refractivity (Wildman–Crippen MR) is 87.2 cm³/mol. The molecular formula is C15H24N4O4S. The quantitative estimate of drug-likeness (QED) is 0.791. The molecule has 3 heterocycles. The smallest absolute Gasteiger partial charge is 0.318 e. The highest BCUT2D eigenvalue weighted by molar-refractivity contribution is 7.90. The van der Waals surface area contributed by atoms with Crippen molar-refractivity contribution in [2.75, 3.05) is 44.3 Å². The van der Waals surface area contributed by atoms with Gasteiger partial charge in [-0.05, 0) is 25.7 Å². The number of sulfonamides is 1. The second-order valence-electron chi connectivity index (χ2n) is 7.26. The lowest BCUT2D eigenvalue weighted by molar-refractivity contribution is 0.0349. The predicted octanol–water partition coefficient (Wildman–Crippen LogP) is 0.789. The molecule has 2 aliphatic heterocycles. The summed E-state index contributed by atoms with van der Waals surface area (Å²) in [5.41, 5.74) is -0.209. The molecule has 1 atom stereocenters. The van der Waals surface area contributed by atoms with Gasteiger partial charge in [-0.15, -0.1) is 5.10 Å². The van der Waals surface area contributed by atoms with Gasteiger partial charge in [0.25, 0.3) is 0 Å². The maximum absolute atomic E-state index is 12.6. The number of nitrogens with zero attached hydrogens (tertiary/aromatic N) is 4. The van der Waals surface area contributed by atoms with Gasteiger partial charge < -0.3 is 14.1 Å². The van der Waals surface area contributed by atoms with Crippen LogP contribution >= 0.6 is 0 Å². The van der Waals surface area contributed by atoms with E-state index < -0.39 is 10.0 Å². The van der Waals surface area contributed by atoms with Crippen molar-refractivity contribution in [1.82, 2.24) is 14.5 Å². The van der Waals surface area contributed by atoms with Crippen LogP contribution in [-0.2, 0) is 14.8 Å². The Labute approximate surface area is 142 Å². The Morgan fingerprint density at radius 3 is 2.75 bits per heavy atom. The third-order valence-electron chi connectivity index (χ3n) is 5.16. The summed E-state index contributed by atoms with van der Waals surface area (Å²) in [4.78, 5) is 2.04. The Morgan fingerprint density at radius 2 is 2.04 bits per heavy atom. The fraction of sp³-hybridized carbons (Fsp3) is 0.867. The molecule has 134 valence electrons. The van der Waals surface area contributed by atoms with Crippen molar-refractivity contribution in [3.63, 3.8) is 0 Å². The number of hydrogen-bond acceptors (Lipinski definition) is 7. The molecule has 1 aromatic heterocycles. The Hall–Kier alpha value is -1.19. The number of aryl methyl sites for hydroxylation is 1. The Morgan fingerprint density at radius 1 is 1.21 bits per heavy atom. The van der Waals surface area contributed by atoms with Crippen molar-refractivity contribution in [2.24, 2.45) is 5.41 Å².